The van der Waals surface area contributed by atoms with Crippen LogP contribution in [0.4, 0.5) is 10.1 Å². The summed E-state index contributed by atoms with van der Waals surface area (Å²) in [6.07, 6.45) is 2.84. The van der Waals surface area contributed by atoms with Crippen LogP contribution in [-0.4, -0.2) is 23.1 Å². The lowest BCUT2D eigenvalue weighted by atomic mass is 10.1. The summed E-state index contributed by atoms with van der Waals surface area (Å²) >= 11 is 0. The molecule has 0 radical (unpaired) electrons. The first-order chi connectivity index (χ1) is 9.08. The van der Waals surface area contributed by atoms with Gasteiger partial charge < -0.3 is 10.0 Å². The van der Waals surface area contributed by atoms with Gasteiger partial charge in [-0.2, -0.15) is 0 Å². The zero-order valence-corrected chi connectivity index (χ0v) is 10.4. The molecule has 98 valence electrons. The van der Waals surface area contributed by atoms with E-state index in [1.54, 1.807) is 30.1 Å². The van der Waals surface area contributed by atoms with E-state index in [1.807, 2.05) is 0 Å². The number of halogens is 1. The van der Waals surface area contributed by atoms with Gasteiger partial charge in [0.05, 0.1) is 5.69 Å². The largest absolute Gasteiger partial charge is 0.478 e. The van der Waals surface area contributed by atoms with Crippen molar-refractivity contribution in [1.29, 1.82) is 0 Å². The smallest absolute Gasteiger partial charge is 0.339 e. The normalized spacial score (nSPS) is 10.2. The fourth-order valence-electron chi connectivity index (χ4n) is 1.88. The summed E-state index contributed by atoms with van der Waals surface area (Å²) in [7, 11) is 1.76. The molecule has 0 aliphatic carbocycles. The monoisotopic (exact) mass is 260 g/mol. The van der Waals surface area contributed by atoms with E-state index >= 15 is 0 Å². The predicted molar refractivity (Wildman–Crippen MR) is 69.7 cm³/mol. The lowest BCUT2D eigenvalue weighted by Gasteiger charge is -2.21. The summed E-state index contributed by atoms with van der Waals surface area (Å²) in [5.74, 6) is -1.34. The van der Waals surface area contributed by atoms with Crippen LogP contribution in [-0.2, 0) is 6.54 Å². The van der Waals surface area contributed by atoms with Gasteiger partial charge >= 0.3 is 5.97 Å². The quantitative estimate of drug-likeness (QED) is 0.917. The SMILES string of the molecule is CN(Cc1cccc(F)c1)c1ccncc1C(=O)O. The number of hydrogen-bond donors (Lipinski definition) is 1. The highest BCUT2D eigenvalue weighted by molar-refractivity contribution is 5.93. The molecule has 2 rings (SSSR count). The molecule has 5 heteroatoms. The molecule has 0 atom stereocenters. The number of pyridine rings is 1. The molecule has 19 heavy (non-hydrogen) atoms. The van der Waals surface area contributed by atoms with Gasteiger partial charge in [0.25, 0.3) is 0 Å². The summed E-state index contributed by atoms with van der Waals surface area (Å²) < 4.78 is 13.1. The van der Waals surface area contributed by atoms with Gasteiger partial charge in [-0.25, -0.2) is 9.18 Å². The van der Waals surface area contributed by atoms with E-state index in [-0.39, 0.29) is 11.4 Å². The number of hydrogen-bond acceptors (Lipinski definition) is 3. The Morgan fingerprint density at radius 3 is 2.89 bits per heavy atom. The van der Waals surface area contributed by atoms with E-state index < -0.39 is 5.97 Å². The van der Waals surface area contributed by atoms with Crippen molar-refractivity contribution in [3.05, 3.63) is 59.7 Å². The Kier molecular flexibility index (Phi) is 3.75. The van der Waals surface area contributed by atoms with Crippen LogP contribution in [0.5, 0.6) is 0 Å². The average molecular weight is 260 g/mol. The second-order valence-corrected chi connectivity index (χ2v) is 4.18. The van der Waals surface area contributed by atoms with E-state index in [9.17, 15) is 9.18 Å². The third kappa shape index (κ3) is 3.07. The number of carboxylic acid groups (broad SMARTS) is 1. The number of rotatable bonds is 4. The highest BCUT2D eigenvalue weighted by Crippen LogP contribution is 2.20. The lowest BCUT2D eigenvalue weighted by Crippen LogP contribution is -2.19. The summed E-state index contributed by atoms with van der Waals surface area (Å²) in [6.45, 7) is 0.419. The molecule has 4 nitrogen and oxygen atoms in total. The molecule has 0 unspecified atom stereocenters. The van der Waals surface area contributed by atoms with Gasteiger partial charge in [0.15, 0.2) is 0 Å². The molecule has 0 saturated carbocycles. The van der Waals surface area contributed by atoms with Crippen LogP contribution in [0, 0.1) is 5.82 Å². The number of carbonyl (C=O) groups is 1. The number of benzene rings is 1. The van der Waals surface area contributed by atoms with Gasteiger partial charge in [0, 0.05) is 26.0 Å². The minimum Gasteiger partial charge on any atom is -0.478 e. The molecule has 0 amide bonds. The number of anilines is 1. The molecule has 1 aromatic carbocycles. The average Bonchev–Trinajstić information content (AvgIpc) is 2.38. The minimum absolute atomic E-state index is 0.126. The van der Waals surface area contributed by atoms with Crippen molar-refractivity contribution in [2.24, 2.45) is 0 Å². The lowest BCUT2D eigenvalue weighted by molar-refractivity contribution is 0.0697. The van der Waals surface area contributed by atoms with Crippen molar-refractivity contribution in [2.75, 3.05) is 11.9 Å². The van der Waals surface area contributed by atoms with Crippen molar-refractivity contribution in [3.8, 4) is 0 Å². The van der Waals surface area contributed by atoms with Crippen LogP contribution in [0.25, 0.3) is 0 Å². The van der Waals surface area contributed by atoms with Gasteiger partial charge in [-0.1, -0.05) is 12.1 Å². The molecule has 2 aromatic rings. The summed E-state index contributed by atoms with van der Waals surface area (Å²) in [5, 5.41) is 9.10. The van der Waals surface area contributed by atoms with E-state index in [1.165, 1.54) is 24.5 Å². The Bertz CT molecular complexity index is 602. The molecule has 1 N–H and O–H groups in total. The van der Waals surface area contributed by atoms with E-state index in [2.05, 4.69) is 4.98 Å². The molecule has 0 aliphatic rings. The van der Waals surface area contributed by atoms with Crippen molar-refractivity contribution < 1.29 is 14.3 Å². The van der Waals surface area contributed by atoms with Crippen molar-refractivity contribution >= 4 is 11.7 Å². The number of carboxylic acids is 1. The first-order valence-corrected chi connectivity index (χ1v) is 5.71. The molecule has 0 bridgehead atoms. The van der Waals surface area contributed by atoms with Crippen molar-refractivity contribution in [2.45, 2.75) is 6.54 Å². The highest BCUT2D eigenvalue weighted by atomic mass is 19.1. The molecule has 0 saturated heterocycles. The first-order valence-electron chi connectivity index (χ1n) is 5.71. The van der Waals surface area contributed by atoms with Crippen LogP contribution in [0.3, 0.4) is 0 Å². The zero-order chi connectivity index (χ0) is 13.8. The molecule has 0 fully saturated rings. The topological polar surface area (TPSA) is 53.4 Å². The Balaban J connectivity index is 2.25. The molecular weight excluding hydrogens is 247 g/mol. The van der Waals surface area contributed by atoms with Crippen LogP contribution in [0.15, 0.2) is 42.7 Å². The maximum absolute atomic E-state index is 13.1. The molecule has 1 heterocycles. The fourth-order valence-corrected chi connectivity index (χ4v) is 1.88. The fraction of sp³-hybridized carbons (Fsp3) is 0.143. The molecule has 0 spiro atoms. The number of aromatic carboxylic acids is 1. The predicted octanol–water partition coefficient (Wildman–Crippen LogP) is 2.56. The maximum Gasteiger partial charge on any atom is 0.339 e. The Labute approximate surface area is 110 Å². The zero-order valence-electron chi connectivity index (χ0n) is 10.4. The van der Waals surface area contributed by atoms with Gasteiger partial charge in [-0.15, -0.1) is 0 Å². The van der Waals surface area contributed by atoms with Gasteiger partial charge in [0.2, 0.25) is 0 Å². The van der Waals surface area contributed by atoms with E-state index in [4.69, 9.17) is 5.11 Å². The number of aromatic nitrogens is 1. The first kappa shape index (κ1) is 13.0. The van der Waals surface area contributed by atoms with E-state index in [0.717, 1.165) is 5.56 Å². The minimum atomic E-state index is -1.03. The third-order valence-corrected chi connectivity index (χ3v) is 2.75. The van der Waals surface area contributed by atoms with Crippen LogP contribution < -0.4 is 4.90 Å². The Morgan fingerprint density at radius 2 is 2.21 bits per heavy atom. The summed E-state index contributed by atoms with van der Waals surface area (Å²) in [6, 6.07) is 7.85. The summed E-state index contributed by atoms with van der Waals surface area (Å²) in [5.41, 5.74) is 1.45. The van der Waals surface area contributed by atoms with Gasteiger partial charge in [-0.05, 0) is 23.8 Å². The molecule has 1 aromatic heterocycles. The standard InChI is InChI=1S/C14H13FN2O2/c1-17(9-10-3-2-4-11(15)7-10)13-5-6-16-8-12(13)14(18)19/h2-8H,9H2,1H3,(H,18,19). The second-order valence-electron chi connectivity index (χ2n) is 4.18. The van der Waals surface area contributed by atoms with Crippen LogP contribution in [0.2, 0.25) is 0 Å². The summed E-state index contributed by atoms with van der Waals surface area (Å²) in [4.78, 5) is 16.7. The molecule has 0 aliphatic heterocycles. The van der Waals surface area contributed by atoms with Crippen molar-refractivity contribution in [1.82, 2.24) is 4.98 Å². The van der Waals surface area contributed by atoms with E-state index in [0.29, 0.717) is 12.2 Å². The number of nitrogens with zero attached hydrogens (tertiary/aromatic N) is 2. The maximum atomic E-state index is 13.1. The molecular formula is C14H13FN2O2. The van der Waals surface area contributed by atoms with Gasteiger partial charge in [0.1, 0.15) is 11.4 Å². The van der Waals surface area contributed by atoms with Crippen molar-refractivity contribution in [3.63, 3.8) is 0 Å². The van der Waals surface area contributed by atoms with Gasteiger partial charge in [-0.3, -0.25) is 4.98 Å². The highest BCUT2D eigenvalue weighted by Gasteiger charge is 2.13. The Hall–Kier alpha value is -2.43. The van der Waals surface area contributed by atoms with Crippen LogP contribution in [0.1, 0.15) is 15.9 Å². The Morgan fingerprint density at radius 1 is 1.42 bits per heavy atom. The third-order valence-electron chi connectivity index (χ3n) is 2.75. The second kappa shape index (κ2) is 5.48. The van der Waals surface area contributed by atoms with Crippen LogP contribution >= 0.6 is 0 Å².